The highest BCUT2D eigenvalue weighted by Crippen LogP contribution is 2.13. The van der Waals surface area contributed by atoms with Crippen LogP contribution in [0.15, 0.2) is 5.16 Å². The van der Waals surface area contributed by atoms with E-state index in [0.29, 0.717) is 32.7 Å². The first-order valence-electron chi connectivity index (χ1n) is 5.74. The van der Waals surface area contributed by atoms with Crippen molar-refractivity contribution in [2.24, 2.45) is 11.1 Å². The van der Waals surface area contributed by atoms with Crippen molar-refractivity contribution >= 4 is 11.6 Å². The third-order valence-electron chi connectivity index (χ3n) is 2.84. The number of piperidine rings is 1. The van der Waals surface area contributed by atoms with Crippen molar-refractivity contribution in [1.29, 1.82) is 0 Å². The molecule has 1 rings (SSSR count). The van der Waals surface area contributed by atoms with Gasteiger partial charge in [0.05, 0.1) is 18.9 Å². The Bertz CT molecular complexity index is 281. The first-order valence-corrected chi connectivity index (χ1v) is 5.74. The van der Waals surface area contributed by atoms with Crippen LogP contribution in [-0.4, -0.2) is 61.7 Å². The van der Waals surface area contributed by atoms with Crippen molar-refractivity contribution < 1.29 is 19.5 Å². The summed E-state index contributed by atoms with van der Waals surface area (Å²) in [4.78, 5) is 13.5. The Morgan fingerprint density at radius 1 is 1.59 bits per heavy atom. The van der Waals surface area contributed by atoms with Gasteiger partial charge in [-0.25, -0.2) is 0 Å². The van der Waals surface area contributed by atoms with Crippen LogP contribution >= 0.6 is 0 Å². The average Bonchev–Trinajstić information content (AvgIpc) is 2.34. The Hall–Kier alpha value is -1.14. The lowest BCUT2D eigenvalue weighted by Gasteiger charge is -2.31. The summed E-state index contributed by atoms with van der Waals surface area (Å²) < 4.78 is 10.0. The number of ether oxygens (including phenoxy) is 2. The van der Waals surface area contributed by atoms with Gasteiger partial charge in [-0.1, -0.05) is 12.1 Å². The molecule has 0 bridgehead atoms. The lowest BCUT2D eigenvalue weighted by Crippen LogP contribution is -2.44. The predicted molar refractivity (Wildman–Crippen MR) is 62.3 cm³/mol. The van der Waals surface area contributed by atoms with E-state index >= 15 is 0 Å². The summed E-state index contributed by atoms with van der Waals surface area (Å²) in [6.45, 7) is 4.13. The van der Waals surface area contributed by atoms with Crippen molar-refractivity contribution in [1.82, 2.24) is 4.90 Å². The van der Waals surface area contributed by atoms with Crippen molar-refractivity contribution in [2.45, 2.75) is 13.3 Å². The summed E-state index contributed by atoms with van der Waals surface area (Å²) in [5.74, 6) is 0.0848. The van der Waals surface area contributed by atoms with Gasteiger partial charge in [0.15, 0.2) is 0 Å². The van der Waals surface area contributed by atoms with Gasteiger partial charge in [0.1, 0.15) is 6.61 Å². The second-order valence-electron chi connectivity index (χ2n) is 4.13. The summed E-state index contributed by atoms with van der Waals surface area (Å²) in [6.07, 6.45) is 0.626. The van der Waals surface area contributed by atoms with Crippen LogP contribution in [0.5, 0.6) is 0 Å². The highest BCUT2D eigenvalue weighted by atomic mass is 16.5. The SMILES string of the molecule is COCCOCC(=O)N1CCC(=NO)C(C)C1. The molecule has 1 aliphatic heterocycles. The van der Waals surface area contributed by atoms with Gasteiger partial charge < -0.3 is 19.6 Å². The van der Waals surface area contributed by atoms with Crippen LogP contribution in [0.1, 0.15) is 13.3 Å². The second-order valence-corrected chi connectivity index (χ2v) is 4.13. The van der Waals surface area contributed by atoms with Crippen LogP contribution in [0.4, 0.5) is 0 Å². The lowest BCUT2D eigenvalue weighted by molar-refractivity contribution is -0.137. The Morgan fingerprint density at radius 2 is 2.35 bits per heavy atom. The van der Waals surface area contributed by atoms with Crippen LogP contribution in [0.2, 0.25) is 0 Å². The number of oxime groups is 1. The van der Waals surface area contributed by atoms with Crippen LogP contribution in [0, 0.1) is 5.92 Å². The van der Waals surface area contributed by atoms with Crippen LogP contribution in [-0.2, 0) is 14.3 Å². The molecule has 1 saturated heterocycles. The van der Waals surface area contributed by atoms with E-state index in [1.54, 1.807) is 12.0 Å². The predicted octanol–water partition coefficient (Wildman–Crippen LogP) is 0.348. The van der Waals surface area contributed by atoms with E-state index in [4.69, 9.17) is 14.7 Å². The smallest absolute Gasteiger partial charge is 0.248 e. The molecule has 1 amide bonds. The highest BCUT2D eigenvalue weighted by molar-refractivity contribution is 5.89. The van der Waals surface area contributed by atoms with Gasteiger partial charge in [0.2, 0.25) is 5.91 Å². The van der Waals surface area contributed by atoms with Gasteiger partial charge in [0, 0.05) is 32.5 Å². The van der Waals surface area contributed by atoms with E-state index in [2.05, 4.69) is 5.16 Å². The molecule has 6 heteroatoms. The molecule has 1 fully saturated rings. The third kappa shape index (κ3) is 4.32. The minimum atomic E-state index is -0.0232. The molecule has 0 aliphatic carbocycles. The molecule has 0 radical (unpaired) electrons. The summed E-state index contributed by atoms with van der Waals surface area (Å²) >= 11 is 0. The molecule has 98 valence electrons. The molecule has 0 aromatic carbocycles. The Labute approximate surface area is 101 Å². The Kier molecular flexibility index (Phi) is 5.93. The summed E-state index contributed by atoms with van der Waals surface area (Å²) in [6, 6.07) is 0. The number of nitrogens with zero attached hydrogens (tertiary/aromatic N) is 2. The minimum absolute atomic E-state index is 0.0232. The van der Waals surface area contributed by atoms with Crippen molar-refractivity contribution in [3.05, 3.63) is 0 Å². The lowest BCUT2D eigenvalue weighted by atomic mass is 9.98. The van der Waals surface area contributed by atoms with Gasteiger partial charge in [-0.3, -0.25) is 4.79 Å². The molecule has 1 N–H and O–H groups in total. The molecule has 0 spiro atoms. The zero-order chi connectivity index (χ0) is 12.7. The molecule has 0 aromatic heterocycles. The van der Waals surface area contributed by atoms with Gasteiger partial charge in [0.25, 0.3) is 0 Å². The van der Waals surface area contributed by atoms with E-state index in [0.717, 1.165) is 5.71 Å². The molecule has 1 unspecified atom stereocenters. The topological polar surface area (TPSA) is 71.4 Å². The van der Waals surface area contributed by atoms with Crippen molar-refractivity contribution in [3.8, 4) is 0 Å². The molecule has 1 aliphatic rings. The van der Waals surface area contributed by atoms with Gasteiger partial charge in [-0.15, -0.1) is 0 Å². The number of hydrogen-bond donors (Lipinski definition) is 1. The fourth-order valence-electron chi connectivity index (χ4n) is 1.79. The zero-order valence-electron chi connectivity index (χ0n) is 10.4. The number of carbonyl (C=O) groups is 1. The first kappa shape index (κ1) is 13.9. The normalized spacial score (nSPS) is 23.1. The quantitative estimate of drug-likeness (QED) is 0.430. The summed E-state index contributed by atoms with van der Waals surface area (Å²) in [5.41, 5.74) is 0.759. The molecule has 0 aromatic rings. The van der Waals surface area contributed by atoms with E-state index in [1.165, 1.54) is 0 Å². The Morgan fingerprint density at radius 3 is 2.94 bits per heavy atom. The van der Waals surface area contributed by atoms with Crippen LogP contribution in [0.25, 0.3) is 0 Å². The van der Waals surface area contributed by atoms with Gasteiger partial charge in [-0.2, -0.15) is 0 Å². The average molecular weight is 244 g/mol. The molecule has 1 atom stereocenters. The Balaban J connectivity index is 2.29. The maximum atomic E-state index is 11.8. The number of rotatable bonds is 5. The largest absolute Gasteiger partial charge is 0.411 e. The summed E-state index contributed by atoms with van der Waals surface area (Å²) in [5, 5.41) is 12.0. The number of hydrogen-bond acceptors (Lipinski definition) is 5. The molecule has 6 nitrogen and oxygen atoms in total. The minimum Gasteiger partial charge on any atom is -0.411 e. The third-order valence-corrected chi connectivity index (χ3v) is 2.84. The van der Waals surface area contributed by atoms with E-state index < -0.39 is 0 Å². The monoisotopic (exact) mass is 244 g/mol. The number of amides is 1. The molecular weight excluding hydrogens is 224 g/mol. The number of carbonyl (C=O) groups excluding carboxylic acids is 1. The zero-order valence-corrected chi connectivity index (χ0v) is 10.4. The molecule has 17 heavy (non-hydrogen) atoms. The van der Waals surface area contributed by atoms with Crippen molar-refractivity contribution in [3.63, 3.8) is 0 Å². The van der Waals surface area contributed by atoms with Gasteiger partial charge >= 0.3 is 0 Å². The standard InChI is InChI=1S/C11H20N2O4/c1-9-7-13(4-3-10(9)12-15)11(14)8-17-6-5-16-2/h9,15H,3-8H2,1-2H3. The van der Waals surface area contributed by atoms with Gasteiger partial charge in [-0.05, 0) is 0 Å². The number of likely N-dealkylation sites (tertiary alicyclic amines) is 1. The fraction of sp³-hybridized carbons (Fsp3) is 0.818. The van der Waals surface area contributed by atoms with Crippen LogP contribution in [0.3, 0.4) is 0 Å². The van der Waals surface area contributed by atoms with Crippen molar-refractivity contribution in [2.75, 3.05) is 40.0 Å². The first-order chi connectivity index (χ1) is 8.19. The second kappa shape index (κ2) is 7.24. The maximum Gasteiger partial charge on any atom is 0.248 e. The van der Waals surface area contributed by atoms with E-state index in [-0.39, 0.29) is 18.4 Å². The summed E-state index contributed by atoms with van der Waals surface area (Å²) in [7, 11) is 1.59. The molecule has 1 heterocycles. The maximum absolute atomic E-state index is 11.8. The fourth-order valence-corrected chi connectivity index (χ4v) is 1.79. The van der Waals surface area contributed by atoms with Crippen LogP contribution < -0.4 is 0 Å². The van der Waals surface area contributed by atoms with E-state index in [1.807, 2.05) is 6.92 Å². The molecule has 0 saturated carbocycles. The number of methoxy groups -OCH3 is 1. The van der Waals surface area contributed by atoms with E-state index in [9.17, 15) is 4.79 Å². The highest BCUT2D eigenvalue weighted by Gasteiger charge is 2.25. The molecular formula is C11H20N2O4.